The van der Waals surface area contributed by atoms with Crippen molar-refractivity contribution >= 4 is 29.4 Å². The minimum atomic E-state index is -0.0777. The summed E-state index contributed by atoms with van der Waals surface area (Å²) < 4.78 is 10.2. The van der Waals surface area contributed by atoms with Crippen molar-refractivity contribution in [2.24, 2.45) is 11.8 Å². The van der Waals surface area contributed by atoms with Crippen LogP contribution in [0.5, 0.6) is 0 Å². The smallest absolute Gasteiger partial charge is 0.308 e. The molecule has 1 aliphatic rings. The Morgan fingerprint density at radius 1 is 0.824 bits per heavy atom. The molecule has 6 heteroatoms. The number of esters is 2. The minimum absolute atomic E-state index is 0.0149. The number of unbranched alkanes of at least 4 members (excludes halogenated alkanes) is 4. The molecule has 1 aliphatic heterocycles. The SMILES string of the molecule is CCOC(=O)C(C)CCCCCC1=C(CCCCCC(C)C(=O)OCC)Sc2ccccc2N1. The van der Waals surface area contributed by atoms with Crippen LogP contribution in [0.3, 0.4) is 0 Å². The first-order valence-electron chi connectivity index (χ1n) is 13.0. The summed E-state index contributed by atoms with van der Waals surface area (Å²) in [4.78, 5) is 26.3. The van der Waals surface area contributed by atoms with Crippen molar-refractivity contribution in [1.82, 2.24) is 0 Å². The number of allylic oxidation sites excluding steroid dienone is 2. The lowest BCUT2D eigenvalue weighted by Gasteiger charge is -2.24. The molecule has 0 saturated heterocycles. The summed E-state index contributed by atoms with van der Waals surface area (Å²) in [6.07, 6.45) is 10.4. The summed E-state index contributed by atoms with van der Waals surface area (Å²) >= 11 is 1.90. The average molecular weight is 490 g/mol. The zero-order valence-electron chi connectivity index (χ0n) is 21.5. The second kappa shape index (κ2) is 15.9. The minimum Gasteiger partial charge on any atom is -0.466 e. The van der Waals surface area contributed by atoms with Gasteiger partial charge >= 0.3 is 11.9 Å². The maximum atomic E-state index is 11.8. The number of fused-ring (bicyclic) bond motifs is 1. The van der Waals surface area contributed by atoms with E-state index in [0.29, 0.717) is 13.2 Å². The molecule has 2 atom stereocenters. The van der Waals surface area contributed by atoms with Gasteiger partial charge in [-0.25, -0.2) is 0 Å². The number of carbonyl (C=O) groups excluding carboxylic acids is 2. The topological polar surface area (TPSA) is 64.6 Å². The van der Waals surface area contributed by atoms with Crippen molar-refractivity contribution in [2.45, 2.75) is 96.8 Å². The molecule has 1 N–H and O–H groups in total. The Morgan fingerprint density at radius 2 is 1.38 bits per heavy atom. The Bertz CT molecular complexity index is 742. The fraction of sp³-hybridized carbons (Fsp3) is 0.643. The highest BCUT2D eigenvalue weighted by atomic mass is 32.2. The van der Waals surface area contributed by atoms with E-state index in [9.17, 15) is 9.59 Å². The monoisotopic (exact) mass is 489 g/mol. The van der Waals surface area contributed by atoms with E-state index < -0.39 is 0 Å². The largest absolute Gasteiger partial charge is 0.466 e. The van der Waals surface area contributed by atoms with Gasteiger partial charge in [0.15, 0.2) is 0 Å². The van der Waals surface area contributed by atoms with Gasteiger partial charge in [0.25, 0.3) is 0 Å². The Labute approximate surface area is 210 Å². The molecule has 1 aromatic carbocycles. The van der Waals surface area contributed by atoms with Crippen LogP contribution in [0, 0.1) is 11.8 Å². The third-order valence-corrected chi connectivity index (χ3v) is 7.50. The van der Waals surface area contributed by atoms with E-state index in [-0.39, 0.29) is 23.8 Å². The van der Waals surface area contributed by atoms with Crippen molar-refractivity contribution in [1.29, 1.82) is 0 Å². The lowest BCUT2D eigenvalue weighted by Crippen LogP contribution is -2.14. The van der Waals surface area contributed by atoms with Crippen LogP contribution in [0.4, 0.5) is 5.69 Å². The van der Waals surface area contributed by atoms with E-state index >= 15 is 0 Å². The molecule has 0 bridgehead atoms. The summed E-state index contributed by atoms with van der Waals surface area (Å²) in [5, 5.41) is 3.69. The second-order valence-electron chi connectivity index (χ2n) is 9.13. The van der Waals surface area contributed by atoms with Gasteiger partial charge in [-0.05, 0) is 64.5 Å². The number of carbonyl (C=O) groups is 2. The zero-order chi connectivity index (χ0) is 24.8. The molecule has 0 amide bonds. The van der Waals surface area contributed by atoms with Gasteiger partial charge in [-0.2, -0.15) is 0 Å². The predicted octanol–water partition coefficient (Wildman–Crippen LogP) is 7.72. The maximum Gasteiger partial charge on any atom is 0.308 e. The standard InChI is InChI=1S/C28H43NO4S/c1-5-32-27(30)21(3)15-9-7-11-17-23-25(34-26-20-14-13-18-24(26)29-23)19-12-8-10-16-22(4)28(31)33-6-2/h13-14,18,20-22,29H,5-12,15-17,19H2,1-4H3. The lowest BCUT2D eigenvalue weighted by atomic mass is 10.0. The van der Waals surface area contributed by atoms with E-state index in [2.05, 4.69) is 29.6 Å². The third-order valence-electron chi connectivity index (χ3n) is 6.23. The van der Waals surface area contributed by atoms with Crippen LogP contribution < -0.4 is 5.32 Å². The Hall–Kier alpha value is -1.95. The molecule has 34 heavy (non-hydrogen) atoms. The normalized spacial score (nSPS) is 14.7. The fourth-order valence-electron chi connectivity index (χ4n) is 4.14. The molecule has 0 fully saturated rings. The summed E-state index contributed by atoms with van der Waals surface area (Å²) in [5.41, 5.74) is 2.55. The van der Waals surface area contributed by atoms with Crippen LogP contribution in [0.2, 0.25) is 0 Å². The van der Waals surface area contributed by atoms with Crippen LogP contribution in [-0.2, 0) is 19.1 Å². The van der Waals surface area contributed by atoms with Gasteiger partial charge in [0, 0.05) is 15.5 Å². The van der Waals surface area contributed by atoms with Crippen molar-refractivity contribution < 1.29 is 19.1 Å². The first-order valence-corrected chi connectivity index (χ1v) is 13.9. The molecule has 0 saturated carbocycles. The first kappa shape index (κ1) is 28.3. The molecule has 1 heterocycles. The van der Waals surface area contributed by atoms with Gasteiger partial charge in [-0.15, -0.1) is 0 Å². The summed E-state index contributed by atoms with van der Waals surface area (Å²) in [5.74, 6) is -0.186. The highest BCUT2D eigenvalue weighted by Crippen LogP contribution is 2.42. The van der Waals surface area contributed by atoms with Gasteiger partial charge in [-0.3, -0.25) is 9.59 Å². The van der Waals surface area contributed by atoms with E-state index in [1.165, 1.54) is 21.2 Å². The van der Waals surface area contributed by atoms with Crippen molar-refractivity contribution in [3.63, 3.8) is 0 Å². The van der Waals surface area contributed by atoms with Crippen LogP contribution in [0.1, 0.15) is 91.9 Å². The van der Waals surface area contributed by atoms with Gasteiger partial charge < -0.3 is 14.8 Å². The van der Waals surface area contributed by atoms with Crippen LogP contribution in [-0.4, -0.2) is 25.2 Å². The number of rotatable bonds is 16. The molecule has 0 spiro atoms. The van der Waals surface area contributed by atoms with Crippen LogP contribution in [0.15, 0.2) is 39.8 Å². The van der Waals surface area contributed by atoms with Gasteiger partial charge in [0.1, 0.15) is 0 Å². The molecular weight excluding hydrogens is 446 g/mol. The van der Waals surface area contributed by atoms with Gasteiger partial charge in [-0.1, -0.05) is 63.4 Å². The molecule has 2 rings (SSSR count). The van der Waals surface area contributed by atoms with Crippen molar-refractivity contribution in [2.75, 3.05) is 18.5 Å². The number of thioether (sulfide) groups is 1. The number of hydrogen-bond donors (Lipinski definition) is 1. The number of benzene rings is 1. The van der Waals surface area contributed by atoms with E-state index in [4.69, 9.17) is 9.47 Å². The summed E-state index contributed by atoms with van der Waals surface area (Å²) in [7, 11) is 0. The zero-order valence-corrected chi connectivity index (χ0v) is 22.3. The van der Waals surface area contributed by atoms with Crippen molar-refractivity contribution in [3.05, 3.63) is 34.9 Å². The number of nitrogens with one attached hydrogen (secondary N) is 1. The van der Waals surface area contributed by atoms with Crippen molar-refractivity contribution in [3.8, 4) is 0 Å². The van der Waals surface area contributed by atoms with E-state index in [1.54, 1.807) is 0 Å². The second-order valence-corrected chi connectivity index (χ2v) is 10.3. The number of hydrogen-bond acceptors (Lipinski definition) is 6. The van der Waals surface area contributed by atoms with Crippen LogP contribution in [0.25, 0.3) is 0 Å². The Kier molecular flexibility index (Phi) is 13.2. The summed E-state index contributed by atoms with van der Waals surface area (Å²) in [6.45, 7) is 8.54. The number of anilines is 1. The molecule has 0 aliphatic carbocycles. The molecule has 1 aromatic rings. The van der Waals surface area contributed by atoms with Gasteiger partial charge in [0.2, 0.25) is 0 Å². The van der Waals surface area contributed by atoms with Crippen LogP contribution >= 0.6 is 11.8 Å². The maximum absolute atomic E-state index is 11.8. The summed E-state index contributed by atoms with van der Waals surface area (Å²) in [6, 6.07) is 8.51. The predicted molar refractivity (Wildman–Crippen MR) is 141 cm³/mol. The quantitative estimate of drug-likeness (QED) is 0.189. The Morgan fingerprint density at radius 3 is 1.97 bits per heavy atom. The molecule has 0 aromatic heterocycles. The van der Waals surface area contributed by atoms with Gasteiger partial charge in [0.05, 0.1) is 30.7 Å². The fourth-order valence-corrected chi connectivity index (χ4v) is 5.30. The Balaban J connectivity index is 1.80. The van der Waals surface area contributed by atoms with E-state index in [1.807, 2.05) is 39.5 Å². The third kappa shape index (κ3) is 9.73. The molecular formula is C28H43NO4S. The highest BCUT2D eigenvalue weighted by Gasteiger charge is 2.19. The highest BCUT2D eigenvalue weighted by molar-refractivity contribution is 8.03. The molecule has 5 nitrogen and oxygen atoms in total. The molecule has 2 unspecified atom stereocenters. The molecule has 0 radical (unpaired) electrons. The number of para-hydroxylation sites is 1. The lowest BCUT2D eigenvalue weighted by molar-refractivity contribution is -0.148. The average Bonchev–Trinajstić information content (AvgIpc) is 2.83. The number of ether oxygens (including phenoxy) is 2. The molecule has 190 valence electrons. The first-order chi connectivity index (χ1) is 16.5. The van der Waals surface area contributed by atoms with E-state index in [0.717, 1.165) is 64.2 Å².